The SMILES string of the molecule is COCCN(CC(=O)Nc1ccc(N2CCN(C(=O)c3ccc(OC)cc3)CC2)cc1)C(=O)c1ccc(OC)cc1. The molecule has 0 aliphatic carbocycles. The minimum absolute atomic E-state index is 0.00961. The first-order valence-electron chi connectivity index (χ1n) is 13.4. The first-order valence-corrected chi connectivity index (χ1v) is 13.4. The molecule has 1 heterocycles. The standard InChI is InChI=1S/C31H36N4O6/c1-39-21-20-35(31(38)24-6-14-28(41-3)15-7-24)22-29(36)32-25-8-10-26(11-9-25)33-16-18-34(19-17-33)30(37)23-4-12-27(40-2)13-5-23/h4-15H,16-22H2,1-3H3,(H,32,36). The van der Waals surface area contributed by atoms with Crippen molar-refractivity contribution in [3.8, 4) is 11.5 Å². The lowest BCUT2D eigenvalue weighted by Crippen LogP contribution is -2.48. The van der Waals surface area contributed by atoms with Gasteiger partial charge in [0.05, 0.1) is 20.8 Å². The van der Waals surface area contributed by atoms with Crippen molar-refractivity contribution in [1.82, 2.24) is 9.80 Å². The molecule has 1 aliphatic rings. The molecule has 0 radical (unpaired) electrons. The van der Waals surface area contributed by atoms with Crippen molar-refractivity contribution in [2.45, 2.75) is 0 Å². The van der Waals surface area contributed by atoms with E-state index < -0.39 is 0 Å². The maximum Gasteiger partial charge on any atom is 0.254 e. The van der Waals surface area contributed by atoms with Crippen molar-refractivity contribution >= 4 is 29.1 Å². The molecule has 10 heteroatoms. The lowest BCUT2D eigenvalue weighted by atomic mass is 10.1. The minimum atomic E-state index is -0.304. The molecule has 1 N–H and O–H groups in total. The molecule has 0 spiro atoms. The number of anilines is 2. The normalized spacial score (nSPS) is 13.0. The Morgan fingerprint density at radius 3 is 1.85 bits per heavy atom. The Labute approximate surface area is 240 Å². The van der Waals surface area contributed by atoms with Crippen LogP contribution in [0.1, 0.15) is 20.7 Å². The maximum atomic E-state index is 13.0. The van der Waals surface area contributed by atoms with Crippen molar-refractivity contribution in [2.24, 2.45) is 0 Å². The molecule has 0 atom stereocenters. The Balaban J connectivity index is 1.30. The van der Waals surface area contributed by atoms with Gasteiger partial charge in [0.1, 0.15) is 18.0 Å². The zero-order valence-corrected chi connectivity index (χ0v) is 23.7. The zero-order valence-electron chi connectivity index (χ0n) is 23.7. The highest BCUT2D eigenvalue weighted by atomic mass is 16.5. The van der Waals surface area contributed by atoms with Crippen LogP contribution in [0, 0.1) is 0 Å². The van der Waals surface area contributed by atoms with Crippen LogP contribution in [0.25, 0.3) is 0 Å². The van der Waals surface area contributed by atoms with E-state index in [0.29, 0.717) is 55.3 Å². The second kappa shape index (κ2) is 14.2. The molecule has 1 fully saturated rings. The van der Waals surface area contributed by atoms with Gasteiger partial charge in [0, 0.05) is 62.3 Å². The highest BCUT2D eigenvalue weighted by molar-refractivity contribution is 5.99. The van der Waals surface area contributed by atoms with Gasteiger partial charge in [-0.25, -0.2) is 0 Å². The third kappa shape index (κ3) is 7.76. The number of amides is 3. The van der Waals surface area contributed by atoms with Gasteiger partial charge in [0.25, 0.3) is 11.8 Å². The fraction of sp³-hybridized carbons (Fsp3) is 0.323. The Morgan fingerprint density at radius 1 is 0.756 bits per heavy atom. The number of benzene rings is 3. The van der Waals surface area contributed by atoms with Crippen LogP contribution in [-0.4, -0.2) is 94.7 Å². The summed E-state index contributed by atoms with van der Waals surface area (Å²) in [7, 11) is 4.71. The lowest BCUT2D eigenvalue weighted by molar-refractivity contribution is -0.117. The van der Waals surface area contributed by atoms with E-state index in [0.717, 1.165) is 11.4 Å². The van der Waals surface area contributed by atoms with Crippen molar-refractivity contribution in [1.29, 1.82) is 0 Å². The van der Waals surface area contributed by atoms with Crippen molar-refractivity contribution in [3.05, 3.63) is 83.9 Å². The number of hydrogen-bond acceptors (Lipinski definition) is 7. The summed E-state index contributed by atoms with van der Waals surface area (Å²) in [5.74, 6) is 0.808. The number of rotatable bonds is 11. The molecule has 41 heavy (non-hydrogen) atoms. The largest absolute Gasteiger partial charge is 0.497 e. The molecule has 0 saturated carbocycles. The van der Waals surface area contributed by atoms with Crippen molar-refractivity contribution in [2.75, 3.05) is 77.4 Å². The van der Waals surface area contributed by atoms with Gasteiger partial charge in [-0.15, -0.1) is 0 Å². The van der Waals surface area contributed by atoms with E-state index >= 15 is 0 Å². The zero-order chi connectivity index (χ0) is 29.2. The number of hydrogen-bond donors (Lipinski definition) is 1. The van der Waals surface area contributed by atoms with Gasteiger partial charge in [-0.3, -0.25) is 14.4 Å². The average Bonchev–Trinajstić information content (AvgIpc) is 3.03. The summed E-state index contributed by atoms with van der Waals surface area (Å²) in [6, 6.07) is 21.5. The van der Waals surface area contributed by atoms with Gasteiger partial charge in [0.2, 0.25) is 5.91 Å². The molecule has 0 bridgehead atoms. The van der Waals surface area contributed by atoms with Crippen LogP contribution in [0.2, 0.25) is 0 Å². The molecule has 0 unspecified atom stereocenters. The summed E-state index contributed by atoms with van der Waals surface area (Å²) in [6.07, 6.45) is 0. The highest BCUT2D eigenvalue weighted by Gasteiger charge is 2.23. The summed E-state index contributed by atoms with van der Waals surface area (Å²) in [6.45, 7) is 3.11. The first kappa shape index (κ1) is 29.4. The number of nitrogens with zero attached hydrogens (tertiary/aromatic N) is 3. The fourth-order valence-corrected chi connectivity index (χ4v) is 4.58. The predicted molar refractivity (Wildman–Crippen MR) is 157 cm³/mol. The molecule has 4 rings (SSSR count). The summed E-state index contributed by atoms with van der Waals surface area (Å²) in [5, 5.41) is 2.88. The molecular weight excluding hydrogens is 524 g/mol. The van der Waals surface area contributed by atoms with E-state index in [-0.39, 0.29) is 30.8 Å². The fourth-order valence-electron chi connectivity index (χ4n) is 4.58. The molecule has 1 aliphatic heterocycles. The Bertz CT molecular complexity index is 1300. The van der Waals surface area contributed by atoms with Gasteiger partial charge in [0.15, 0.2) is 0 Å². The molecular formula is C31H36N4O6. The number of nitrogens with one attached hydrogen (secondary N) is 1. The number of carbonyl (C=O) groups excluding carboxylic acids is 3. The Hall–Kier alpha value is -4.57. The number of methoxy groups -OCH3 is 3. The van der Waals surface area contributed by atoms with E-state index in [2.05, 4.69) is 10.2 Å². The van der Waals surface area contributed by atoms with E-state index in [1.54, 1.807) is 69.9 Å². The molecule has 3 aromatic carbocycles. The highest BCUT2D eigenvalue weighted by Crippen LogP contribution is 2.21. The van der Waals surface area contributed by atoms with Gasteiger partial charge >= 0.3 is 0 Å². The quantitative estimate of drug-likeness (QED) is 0.384. The van der Waals surface area contributed by atoms with E-state index in [4.69, 9.17) is 14.2 Å². The van der Waals surface area contributed by atoms with Crippen molar-refractivity contribution < 1.29 is 28.6 Å². The number of ether oxygens (including phenoxy) is 3. The lowest BCUT2D eigenvalue weighted by Gasteiger charge is -2.36. The average molecular weight is 561 g/mol. The van der Waals surface area contributed by atoms with E-state index in [1.165, 1.54) is 4.90 Å². The van der Waals surface area contributed by atoms with Crippen LogP contribution < -0.4 is 19.7 Å². The number of carbonyl (C=O) groups is 3. The smallest absolute Gasteiger partial charge is 0.254 e. The van der Waals surface area contributed by atoms with Gasteiger partial charge in [-0.1, -0.05) is 0 Å². The molecule has 216 valence electrons. The summed E-state index contributed by atoms with van der Waals surface area (Å²) >= 11 is 0. The van der Waals surface area contributed by atoms with Gasteiger partial charge < -0.3 is 34.2 Å². The monoisotopic (exact) mass is 560 g/mol. The maximum absolute atomic E-state index is 13.0. The second-order valence-electron chi connectivity index (χ2n) is 9.55. The third-order valence-electron chi connectivity index (χ3n) is 6.94. The Kier molecular flexibility index (Phi) is 10.2. The summed E-state index contributed by atoms with van der Waals surface area (Å²) < 4.78 is 15.5. The van der Waals surface area contributed by atoms with Crippen LogP contribution >= 0.6 is 0 Å². The van der Waals surface area contributed by atoms with Crippen LogP contribution in [0.4, 0.5) is 11.4 Å². The Morgan fingerprint density at radius 2 is 1.32 bits per heavy atom. The van der Waals surface area contributed by atoms with Crippen LogP contribution in [-0.2, 0) is 9.53 Å². The second-order valence-corrected chi connectivity index (χ2v) is 9.55. The molecule has 1 saturated heterocycles. The van der Waals surface area contributed by atoms with Crippen LogP contribution in [0.5, 0.6) is 11.5 Å². The van der Waals surface area contributed by atoms with E-state index in [9.17, 15) is 14.4 Å². The third-order valence-corrected chi connectivity index (χ3v) is 6.94. The van der Waals surface area contributed by atoms with Crippen molar-refractivity contribution in [3.63, 3.8) is 0 Å². The molecule has 3 amide bonds. The van der Waals surface area contributed by atoms with E-state index in [1.807, 2.05) is 29.2 Å². The molecule has 0 aromatic heterocycles. The molecule has 10 nitrogen and oxygen atoms in total. The van der Waals surface area contributed by atoms with Crippen LogP contribution in [0.15, 0.2) is 72.8 Å². The topological polar surface area (TPSA) is 101 Å². The van der Waals surface area contributed by atoms with Gasteiger partial charge in [-0.05, 0) is 72.8 Å². The van der Waals surface area contributed by atoms with Crippen LogP contribution in [0.3, 0.4) is 0 Å². The number of piperazine rings is 1. The van der Waals surface area contributed by atoms with Gasteiger partial charge in [-0.2, -0.15) is 0 Å². The predicted octanol–water partition coefficient (Wildman–Crippen LogP) is 3.39. The first-order chi connectivity index (χ1) is 19.9. The summed E-state index contributed by atoms with van der Waals surface area (Å²) in [4.78, 5) is 44.3. The molecule has 3 aromatic rings. The summed E-state index contributed by atoms with van der Waals surface area (Å²) in [5.41, 5.74) is 2.75. The minimum Gasteiger partial charge on any atom is -0.497 e.